The normalized spacial score (nSPS) is 11.8. The second kappa shape index (κ2) is 8.22. The van der Waals surface area contributed by atoms with E-state index in [4.69, 9.17) is 11.6 Å². The number of hydrogen-bond acceptors (Lipinski definition) is 3. The van der Waals surface area contributed by atoms with Gasteiger partial charge < -0.3 is 4.98 Å². The molecule has 4 aromatic rings. The van der Waals surface area contributed by atoms with E-state index in [9.17, 15) is 21.6 Å². The molecule has 4 rings (SSSR count). The van der Waals surface area contributed by atoms with Crippen LogP contribution in [0.25, 0.3) is 22.2 Å². The summed E-state index contributed by atoms with van der Waals surface area (Å²) in [5.74, 6) is 6.24. The van der Waals surface area contributed by atoms with Gasteiger partial charge >= 0.3 is 15.5 Å². The van der Waals surface area contributed by atoms with Crippen molar-refractivity contribution < 1.29 is 21.6 Å². The lowest BCUT2D eigenvalue weighted by Gasteiger charge is -2.14. The molecule has 5 nitrogen and oxygen atoms in total. The number of rotatable bonds is 3. The number of nitrogens with one attached hydrogen (secondary N) is 2. The molecule has 2 N–H and O–H groups in total. The van der Waals surface area contributed by atoms with Crippen LogP contribution in [-0.2, 0) is 10.0 Å². The summed E-state index contributed by atoms with van der Waals surface area (Å²) in [5, 5.41) is 0.561. The van der Waals surface area contributed by atoms with Crippen LogP contribution >= 0.6 is 11.6 Å². The second-order valence-corrected chi connectivity index (χ2v) is 8.78. The summed E-state index contributed by atoms with van der Waals surface area (Å²) in [6, 6.07) is 17.8. The van der Waals surface area contributed by atoms with Gasteiger partial charge in [0, 0.05) is 16.1 Å². The number of sulfonamides is 1. The van der Waals surface area contributed by atoms with Crippen LogP contribution in [0.15, 0.2) is 66.7 Å². The molecule has 0 fully saturated rings. The zero-order valence-corrected chi connectivity index (χ0v) is 17.6. The predicted octanol–water partition coefficient (Wildman–Crippen LogP) is 5.54. The molecule has 0 aliphatic carbocycles. The second-order valence-electron chi connectivity index (χ2n) is 6.67. The Kier molecular flexibility index (Phi) is 5.59. The van der Waals surface area contributed by atoms with Crippen molar-refractivity contribution in [2.24, 2.45) is 0 Å². The van der Waals surface area contributed by atoms with Gasteiger partial charge in [0.2, 0.25) is 0 Å². The summed E-state index contributed by atoms with van der Waals surface area (Å²) in [7, 11) is -5.55. The molecule has 0 atom stereocenters. The summed E-state index contributed by atoms with van der Waals surface area (Å²) >= 11 is 5.95. The van der Waals surface area contributed by atoms with Crippen molar-refractivity contribution in [2.75, 3.05) is 4.72 Å². The Bertz CT molecular complexity index is 1490. The highest BCUT2D eigenvalue weighted by Crippen LogP contribution is 2.33. The minimum Gasteiger partial charge on any atom is -0.331 e. The number of hydrogen-bond donors (Lipinski definition) is 2. The van der Waals surface area contributed by atoms with Crippen molar-refractivity contribution in [3.63, 3.8) is 0 Å². The summed E-state index contributed by atoms with van der Waals surface area (Å²) in [4.78, 5) is 7.42. The molecule has 1 aromatic heterocycles. The van der Waals surface area contributed by atoms with Gasteiger partial charge in [-0.05, 0) is 47.9 Å². The van der Waals surface area contributed by atoms with E-state index in [1.807, 2.05) is 0 Å². The molecule has 32 heavy (non-hydrogen) atoms. The molecule has 0 unspecified atom stereocenters. The lowest BCUT2D eigenvalue weighted by Crippen LogP contribution is -2.30. The average molecular weight is 476 g/mol. The maximum atomic E-state index is 12.8. The third-order valence-electron chi connectivity index (χ3n) is 4.42. The van der Waals surface area contributed by atoms with E-state index in [0.717, 1.165) is 0 Å². The highest BCUT2D eigenvalue weighted by atomic mass is 35.5. The van der Waals surface area contributed by atoms with Gasteiger partial charge in [0.05, 0.1) is 16.7 Å². The van der Waals surface area contributed by atoms with Crippen molar-refractivity contribution in [1.82, 2.24) is 9.97 Å². The first-order chi connectivity index (χ1) is 15.1. The first-order valence-electron chi connectivity index (χ1n) is 9.08. The number of para-hydroxylation sites is 1. The largest absolute Gasteiger partial charge is 0.516 e. The minimum atomic E-state index is -5.55. The SMILES string of the molecule is O=S(=O)(Nc1ccccc1-c1ccc2nc(C#Cc3cccc(Cl)c3)[nH]c2c1)C(F)(F)F. The van der Waals surface area contributed by atoms with Gasteiger partial charge in [0.15, 0.2) is 5.82 Å². The number of halogens is 4. The zero-order chi connectivity index (χ0) is 22.9. The fraction of sp³-hybridized carbons (Fsp3) is 0.0455. The Hall–Kier alpha value is -3.48. The Morgan fingerprint density at radius 1 is 0.969 bits per heavy atom. The standard InChI is InChI=1S/C22H13ClF3N3O2S/c23-16-5-3-4-14(12-16)8-11-21-27-19-10-9-15(13-20(19)28-21)17-6-1-2-7-18(17)29-32(30,31)22(24,25)26/h1-7,9-10,12-13,29H,(H,27,28). The number of anilines is 1. The Morgan fingerprint density at radius 2 is 1.75 bits per heavy atom. The summed E-state index contributed by atoms with van der Waals surface area (Å²) < 4.78 is 63.1. The van der Waals surface area contributed by atoms with Gasteiger partial charge in [-0.15, -0.1) is 0 Å². The van der Waals surface area contributed by atoms with Gasteiger partial charge in [-0.2, -0.15) is 21.6 Å². The monoisotopic (exact) mass is 475 g/mol. The Morgan fingerprint density at radius 3 is 2.50 bits per heavy atom. The predicted molar refractivity (Wildman–Crippen MR) is 118 cm³/mol. The third kappa shape index (κ3) is 4.56. The molecule has 3 aromatic carbocycles. The molecular formula is C22H13ClF3N3O2S. The van der Waals surface area contributed by atoms with Crippen LogP contribution in [0.4, 0.5) is 18.9 Å². The Balaban J connectivity index is 1.69. The van der Waals surface area contributed by atoms with E-state index in [1.54, 1.807) is 53.3 Å². The van der Waals surface area contributed by atoms with Crippen LogP contribution in [0, 0.1) is 11.8 Å². The molecule has 0 aliphatic rings. The first kappa shape index (κ1) is 21.7. The van der Waals surface area contributed by atoms with Gasteiger partial charge in [0.1, 0.15) is 0 Å². The smallest absolute Gasteiger partial charge is 0.331 e. The molecule has 0 amide bonds. The van der Waals surface area contributed by atoms with Crippen molar-refractivity contribution in [1.29, 1.82) is 0 Å². The van der Waals surface area contributed by atoms with E-state index < -0.39 is 15.5 Å². The van der Waals surface area contributed by atoms with Gasteiger partial charge in [-0.25, -0.2) is 4.98 Å². The average Bonchev–Trinajstić information content (AvgIpc) is 3.14. The van der Waals surface area contributed by atoms with Gasteiger partial charge in [0.25, 0.3) is 0 Å². The van der Waals surface area contributed by atoms with Crippen LogP contribution in [0.3, 0.4) is 0 Å². The molecule has 0 saturated carbocycles. The van der Waals surface area contributed by atoms with Crippen molar-refractivity contribution in [3.8, 4) is 23.0 Å². The number of aromatic amines is 1. The number of H-pyrrole nitrogens is 1. The maximum Gasteiger partial charge on any atom is 0.516 e. The highest BCUT2D eigenvalue weighted by Gasteiger charge is 2.46. The Labute approximate surface area is 186 Å². The summed E-state index contributed by atoms with van der Waals surface area (Å²) in [6.45, 7) is 0. The molecule has 0 saturated heterocycles. The molecular weight excluding hydrogens is 463 g/mol. The van der Waals surface area contributed by atoms with Crippen LogP contribution in [0.5, 0.6) is 0 Å². The molecule has 1 heterocycles. The maximum absolute atomic E-state index is 12.8. The lowest BCUT2D eigenvalue weighted by molar-refractivity contribution is -0.0429. The van der Waals surface area contributed by atoms with Gasteiger partial charge in [-0.3, -0.25) is 4.72 Å². The third-order valence-corrected chi connectivity index (χ3v) is 5.75. The van der Waals surface area contributed by atoms with Crippen LogP contribution < -0.4 is 4.72 Å². The number of alkyl halides is 3. The first-order valence-corrected chi connectivity index (χ1v) is 10.9. The molecule has 0 aliphatic heterocycles. The zero-order valence-electron chi connectivity index (χ0n) is 16.0. The number of benzene rings is 3. The van der Waals surface area contributed by atoms with E-state index in [2.05, 4.69) is 21.8 Å². The molecule has 10 heteroatoms. The van der Waals surface area contributed by atoms with Crippen LogP contribution in [0.2, 0.25) is 5.02 Å². The molecule has 162 valence electrons. The summed E-state index contributed by atoms with van der Waals surface area (Å²) in [5.41, 5.74) is -2.94. The van der Waals surface area contributed by atoms with E-state index in [1.165, 1.54) is 18.2 Å². The number of fused-ring (bicyclic) bond motifs is 1. The molecule has 0 spiro atoms. The van der Waals surface area contributed by atoms with Crippen molar-refractivity contribution in [3.05, 3.63) is 83.1 Å². The number of imidazole rings is 1. The van der Waals surface area contributed by atoms with E-state index in [-0.39, 0.29) is 11.3 Å². The number of nitrogens with zero attached hydrogens (tertiary/aromatic N) is 1. The van der Waals surface area contributed by atoms with Crippen LogP contribution in [0.1, 0.15) is 11.4 Å². The van der Waals surface area contributed by atoms with Gasteiger partial charge in [-0.1, -0.05) is 47.9 Å². The fourth-order valence-corrected chi connectivity index (χ4v) is 3.73. The molecule has 0 radical (unpaired) electrons. The molecule has 0 bridgehead atoms. The topological polar surface area (TPSA) is 74.8 Å². The summed E-state index contributed by atoms with van der Waals surface area (Å²) in [6.07, 6.45) is 0. The fourth-order valence-electron chi connectivity index (χ4n) is 2.96. The van der Waals surface area contributed by atoms with Crippen molar-refractivity contribution in [2.45, 2.75) is 5.51 Å². The van der Waals surface area contributed by atoms with E-state index in [0.29, 0.717) is 33.0 Å². The van der Waals surface area contributed by atoms with E-state index >= 15 is 0 Å². The quantitative estimate of drug-likeness (QED) is 0.382. The highest BCUT2D eigenvalue weighted by molar-refractivity contribution is 7.93. The number of aromatic nitrogens is 2. The lowest BCUT2D eigenvalue weighted by atomic mass is 10.0. The minimum absolute atomic E-state index is 0.190. The van der Waals surface area contributed by atoms with Crippen molar-refractivity contribution >= 4 is 38.3 Å². The van der Waals surface area contributed by atoms with Crippen LogP contribution in [-0.4, -0.2) is 23.9 Å².